The second-order valence-corrected chi connectivity index (χ2v) is 7.02. The maximum Gasteiger partial charge on any atom is 0.141 e. The number of halogens is 1. The van der Waals surface area contributed by atoms with Crippen LogP contribution in [0.1, 0.15) is 20.8 Å². The first kappa shape index (κ1) is 14.1. The monoisotopic (exact) mass is 343 g/mol. The molecule has 3 nitrogen and oxygen atoms in total. The highest BCUT2D eigenvalue weighted by atomic mass is 79.9. The number of aromatic nitrogens is 2. The van der Waals surface area contributed by atoms with E-state index >= 15 is 0 Å². The van der Waals surface area contributed by atoms with Crippen LogP contribution in [0.2, 0.25) is 0 Å². The van der Waals surface area contributed by atoms with Gasteiger partial charge in [-0.25, -0.2) is 4.98 Å². The summed E-state index contributed by atoms with van der Waals surface area (Å²) in [6.45, 7) is 6.57. The third kappa shape index (κ3) is 2.44. The van der Waals surface area contributed by atoms with E-state index in [1.54, 1.807) is 0 Å². The highest BCUT2D eigenvalue weighted by Crippen LogP contribution is 2.33. The van der Waals surface area contributed by atoms with Crippen molar-refractivity contribution in [3.63, 3.8) is 0 Å². The Morgan fingerprint density at radius 2 is 1.81 bits per heavy atom. The van der Waals surface area contributed by atoms with Crippen LogP contribution in [0.15, 0.2) is 46.9 Å². The number of nitrogen functional groups attached to an aromatic ring is 1. The van der Waals surface area contributed by atoms with Crippen LogP contribution in [0.4, 0.5) is 5.69 Å². The first-order valence-corrected chi connectivity index (χ1v) is 7.70. The maximum absolute atomic E-state index is 5.89. The second kappa shape index (κ2) is 4.88. The van der Waals surface area contributed by atoms with E-state index in [1.807, 2.05) is 30.3 Å². The summed E-state index contributed by atoms with van der Waals surface area (Å²) in [7, 11) is 0. The molecule has 0 spiro atoms. The van der Waals surface area contributed by atoms with Crippen LogP contribution in [0.3, 0.4) is 0 Å². The quantitative estimate of drug-likeness (QED) is 0.644. The van der Waals surface area contributed by atoms with Crippen molar-refractivity contribution in [1.82, 2.24) is 9.55 Å². The average molecular weight is 344 g/mol. The summed E-state index contributed by atoms with van der Waals surface area (Å²) in [6, 6.07) is 14.2. The van der Waals surface area contributed by atoms with Gasteiger partial charge in [-0.2, -0.15) is 0 Å². The number of benzene rings is 2. The van der Waals surface area contributed by atoms with E-state index < -0.39 is 0 Å². The predicted octanol–water partition coefficient (Wildman–Crippen LogP) is 4.80. The fourth-order valence-electron chi connectivity index (χ4n) is 2.56. The van der Waals surface area contributed by atoms with Gasteiger partial charge in [-0.05, 0) is 67.0 Å². The normalized spacial score (nSPS) is 12.0. The van der Waals surface area contributed by atoms with Gasteiger partial charge in [0, 0.05) is 21.3 Å². The summed E-state index contributed by atoms with van der Waals surface area (Å²) in [4.78, 5) is 4.82. The van der Waals surface area contributed by atoms with Crippen molar-refractivity contribution >= 4 is 32.7 Å². The molecule has 0 saturated carbocycles. The Kier molecular flexibility index (Phi) is 3.29. The molecule has 0 saturated heterocycles. The van der Waals surface area contributed by atoms with Gasteiger partial charge in [-0.15, -0.1) is 0 Å². The lowest BCUT2D eigenvalue weighted by Crippen LogP contribution is -2.22. The molecule has 2 N–H and O–H groups in total. The standard InChI is InChI=1S/C17H18BrN3/c1-17(2,3)21-15-7-5-4-6-14(15)20-16(21)11-8-9-13(19)12(18)10-11/h4-10H,19H2,1-3H3. The summed E-state index contributed by atoms with van der Waals surface area (Å²) in [6.07, 6.45) is 0. The van der Waals surface area contributed by atoms with Gasteiger partial charge in [0.05, 0.1) is 11.0 Å². The molecule has 3 rings (SSSR count). The Morgan fingerprint density at radius 1 is 1.10 bits per heavy atom. The van der Waals surface area contributed by atoms with Gasteiger partial charge < -0.3 is 10.3 Å². The molecule has 1 heterocycles. The Hall–Kier alpha value is -1.81. The summed E-state index contributed by atoms with van der Waals surface area (Å²) in [5.74, 6) is 0.962. The van der Waals surface area contributed by atoms with Crippen LogP contribution in [0.5, 0.6) is 0 Å². The topological polar surface area (TPSA) is 43.8 Å². The van der Waals surface area contributed by atoms with Crippen LogP contribution in [0, 0.1) is 0 Å². The van der Waals surface area contributed by atoms with E-state index in [-0.39, 0.29) is 5.54 Å². The molecule has 0 unspecified atom stereocenters. The Balaban J connectivity index is 2.33. The highest BCUT2D eigenvalue weighted by Gasteiger charge is 2.22. The van der Waals surface area contributed by atoms with Crippen molar-refractivity contribution in [2.75, 3.05) is 5.73 Å². The van der Waals surface area contributed by atoms with Crippen molar-refractivity contribution < 1.29 is 0 Å². The molecule has 21 heavy (non-hydrogen) atoms. The largest absolute Gasteiger partial charge is 0.398 e. The number of para-hydroxylation sites is 2. The molecule has 0 bridgehead atoms. The van der Waals surface area contributed by atoms with E-state index in [1.165, 1.54) is 0 Å². The van der Waals surface area contributed by atoms with Crippen molar-refractivity contribution in [3.05, 3.63) is 46.9 Å². The number of hydrogen-bond acceptors (Lipinski definition) is 2. The molecule has 4 heteroatoms. The molecule has 0 aliphatic heterocycles. The molecule has 0 aliphatic carbocycles. The molecule has 0 radical (unpaired) electrons. The number of hydrogen-bond donors (Lipinski definition) is 1. The van der Waals surface area contributed by atoms with E-state index in [0.717, 1.165) is 32.6 Å². The summed E-state index contributed by atoms with van der Waals surface area (Å²) in [5, 5.41) is 0. The van der Waals surface area contributed by atoms with Crippen LogP contribution >= 0.6 is 15.9 Å². The Morgan fingerprint density at radius 3 is 2.48 bits per heavy atom. The smallest absolute Gasteiger partial charge is 0.141 e. The molecule has 0 amide bonds. The lowest BCUT2D eigenvalue weighted by atomic mass is 10.1. The van der Waals surface area contributed by atoms with Crippen molar-refractivity contribution in [3.8, 4) is 11.4 Å². The minimum atomic E-state index is -0.0563. The summed E-state index contributed by atoms with van der Waals surface area (Å²) >= 11 is 3.50. The van der Waals surface area contributed by atoms with E-state index in [2.05, 4.69) is 53.4 Å². The maximum atomic E-state index is 5.89. The van der Waals surface area contributed by atoms with E-state index in [9.17, 15) is 0 Å². The third-order valence-electron chi connectivity index (χ3n) is 3.49. The fourth-order valence-corrected chi connectivity index (χ4v) is 2.94. The van der Waals surface area contributed by atoms with Crippen LogP contribution in [-0.4, -0.2) is 9.55 Å². The number of fused-ring (bicyclic) bond motifs is 1. The van der Waals surface area contributed by atoms with Crippen LogP contribution < -0.4 is 5.73 Å². The summed E-state index contributed by atoms with van der Waals surface area (Å²) in [5.41, 5.74) is 9.78. The molecule has 0 fully saturated rings. The zero-order valence-corrected chi connectivity index (χ0v) is 14.0. The predicted molar refractivity (Wildman–Crippen MR) is 92.3 cm³/mol. The van der Waals surface area contributed by atoms with E-state index in [0.29, 0.717) is 0 Å². The average Bonchev–Trinajstić information content (AvgIpc) is 2.81. The van der Waals surface area contributed by atoms with Crippen LogP contribution in [0.25, 0.3) is 22.4 Å². The molecular formula is C17H18BrN3. The van der Waals surface area contributed by atoms with Crippen molar-refractivity contribution in [1.29, 1.82) is 0 Å². The Bertz CT molecular complexity index is 813. The van der Waals surface area contributed by atoms with E-state index in [4.69, 9.17) is 10.7 Å². The van der Waals surface area contributed by atoms with Gasteiger partial charge in [-0.1, -0.05) is 12.1 Å². The SMILES string of the molecule is CC(C)(C)n1c(-c2ccc(N)c(Br)c2)nc2ccccc21. The summed E-state index contributed by atoms with van der Waals surface area (Å²) < 4.78 is 3.17. The van der Waals surface area contributed by atoms with Crippen molar-refractivity contribution in [2.24, 2.45) is 0 Å². The molecule has 1 aromatic heterocycles. The number of rotatable bonds is 1. The van der Waals surface area contributed by atoms with Crippen LogP contribution in [-0.2, 0) is 5.54 Å². The first-order chi connectivity index (χ1) is 9.88. The highest BCUT2D eigenvalue weighted by molar-refractivity contribution is 9.10. The fraction of sp³-hybridized carbons (Fsp3) is 0.235. The van der Waals surface area contributed by atoms with Gasteiger partial charge in [-0.3, -0.25) is 0 Å². The second-order valence-electron chi connectivity index (χ2n) is 6.17. The van der Waals surface area contributed by atoms with Gasteiger partial charge in [0.25, 0.3) is 0 Å². The number of nitrogens with zero attached hydrogens (tertiary/aromatic N) is 2. The zero-order chi connectivity index (χ0) is 15.2. The Labute approximate surface area is 132 Å². The molecule has 0 atom stereocenters. The minimum Gasteiger partial charge on any atom is -0.398 e. The molecule has 3 aromatic rings. The van der Waals surface area contributed by atoms with Gasteiger partial charge in [0.1, 0.15) is 5.82 Å². The number of imidazole rings is 1. The first-order valence-electron chi connectivity index (χ1n) is 6.91. The zero-order valence-electron chi connectivity index (χ0n) is 12.4. The number of nitrogens with two attached hydrogens (primary N) is 1. The molecule has 108 valence electrons. The third-order valence-corrected chi connectivity index (χ3v) is 4.18. The van der Waals surface area contributed by atoms with Gasteiger partial charge in [0.15, 0.2) is 0 Å². The minimum absolute atomic E-state index is 0.0563. The lowest BCUT2D eigenvalue weighted by Gasteiger charge is -2.25. The molecule has 0 aliphatic rings. The lowest BCUT2D eigenvalue weighted by molar-refractivity contribution is 0.413. The van der Waals surface area contributed by atoms with Gasteiger partial charge >= 0.3 is 0 Å². The number of anilines is 1. The molecule has 2 aromatic carbocycles. The molecular weight excluding hydrogens is 326 g/mol. The van der Waals surface area contributed by atoms with Gasteiger partial charge in [0.2, 0.25) is 0 Å². The van der Waals surface area contributed by atoms with Crippen molar-refractivity contribution in [2.45, 2.75) is 26.3 Å².